The lowest BCUT2D eigenvalue weighted by atomic mass is 9.98. The summed E-state index contributed by atoms with van der Waals surface area (Å²) in [5.41, 5.74) is 2.26. The second-order valence-electron chi connectivity index (χ2n) is 8.37. The summed E-state index contributed by atoms with van der Waals surface area (Å²) >= 11 is 0. The molecule has 1 aliphatic heterocycles. The Morgan fingerprint density at radius 1 is 1.15 bits per heavy atom. The Morgan fingerprint density at radius 3 is 2.62 bits per heavy atom. The first kappa shape index (κ1) is 23.8. The van der Waals surface area contributed by atoms with E-state index in [9.17, 15) is 17.6 Å². The molecule has 1 N–H and O–H groups in total. The molecule has 34 heavy (non-hydrogen) atoms. The van der Waals surface area contributed by atoms with Gasteiger partial charge in [-0.3, -0.25) is 4.79 Å². The minimum Gasteiger partial charge on any atom is -0.355 e. The highest BCUT2D eigenvalue weighted by Crippen LogP contribution is 2.30. The third-order valence-electron chi connectivity index (χ3n) is 5.82. The first-order chi connectivity index (χ1) is 16.3. The predicted molar refractivity (Wildman–Crippen MR) is 128 cm³/mol. The highest BCUT2D eigenvalue weighted by molar-refractivity contribution is 7.89. The van der Waals surface area contributed by atoms with Crippen molar-refractivity contribution in [1.82, 2.24) is 9.46 Å². The summed E-state index contributed by atoms with van der Waals surface area (Å²) in [6.45, 7) is 3.85. The zero-order valence-electron chi connectivity index (χ0n) is 19.0. The molecule has 3 aromatic rings. The number of nitrogens with one attached hydrogen (secondary N) is 1. The van der Waals surface area contributed by atoms with Gasteiger partial charge in [-0.05, 0) is 57.0 Å². The average Bonchev–Trinajstić information content (AvgIpc) is 3.21. The van der Waals surface area contributed by atoms with Gasteiger partial charge in [0.25, 0.3) is 0 Å². The van der Waals surface area contributed by atoms with Crippen molar-refractivity contribution in [3.63, 3.8) is 0 Å². The Bertz CT molecular complexity index is 1320. The van der Waals surface area contributed by atoms with Crippen molar-refractivity contribution in [2.24, 2.45) is 5.92 Å². The van der Waals surface area contributed by atoms with Crippen LogP contribution in [0.5, 0.6) is 0 Å². The number of hydrogen-bond donors (Lipinski definition) is 1. The highest BCUT2D eigenvalue weighted by atomic mass is 32.2. The molecule has 0 bridgehead atoms. The van der Waals surface area contributed by atoms with Crippen LogP contribution in [-0.4, -0.2) is 36.9 Å². The van der Waals surface area contributed by atoms with E-state index in [1.165, 1.54) is 22.5 Å². The number of benzene rings is 2. The summed E-state index contributed by atoms with van der Waals surface area (Å²) in [4.78, 5) is 12.8. The van der Waals surface area contributed by atoms with E-state index in [2.05, 4.69) is 10.5 Å². The number of piperidine rings is 1. The second-order valence-corrected chi connectivity index (χ2v) is 10.2. The number of sulfonamides is 1. The van der Waals surface area contributed by atoms with Gasteiger partial charge in [0, 0.05) is 24.3 Å². The Balaban J connectivity index is 1.54. The van der Waals surface area contributed by atoms with Gasteiger partial charge in [0.05, 0.1) is 5.92 Å². The highest BCUT2D eigenvalue weighted by Gasteiger charge is 2.37. The SMILES string of the molecule is Cc1ccc(NC(=O)C2CCCN(S(=O)(=O)c3c(C)noc3C=Cc3ccccc3F)C2)cc1. The molecule has 4 rings (SSSR count). The number of halogens is 1. The molecule has 1 fully saturated rings. The molecule has 1 atom stereocenters. The number of anilines is 1. The van der Waals surface area contributed by atoms with Gasteiger partial charge in [-0.25, -0.2) is 12.8 Å². The van der Waals surface area contributed by atoms with E-state index in [1.54, 1.807) is 25.1 Å². The summed E-state index contributed by atoms with van der Waals surface area (Å²) in [6.07, 6.45) is 3.99. The molecule has 0 radical (unpaired) electrons. The molecule has 0 spiro atoms. The predicted octanol–water partition coefficient (Wildman–Crippen LogP) is 4.64. The minimum absolute atomic E-state index is 0.0204. The molecule has 1 saturated heterocycles. The fourth-order valence-electron chi connectivity index (χ4n) is 3.96. The van der Waals surface area contributed by atoms with Crippen molar-refractivity contribution in [3.05, 3.63) is 76.9 Å². The van der Waals surface area contributed by atoms with E-state index in [4.69, 9.17) is 4.52 Å². The van der Waals surface area contributed by atoms with Crippen LogP contribution in [0.25, 0.3) is 12.2 Å². The molecular formula is C25H26FN3O4S. The monoisotopic (exact) mass is 483 g/mol. The van der Waals surface area contributed by atoms with Crippen LogP contribution < -0.4 is 5.32 Å². The smallest absolute Gasteiger partial charge is 0.248 e. The number of aromatic nitrogens is 1. The topological polar surface area (TPSA) is 92.5 Å². The number of carbonyl (C=O) groups is 1. The lowest BCUT2D eigenvalue weighted by Gasteiger charge is -2.31. The fraction of sp³-hybridized carbons (Fsp3) is 0.280. The van der Waals surface area contributed by atoms with Gasteiger partial charge in [0.2, 0.25) is 15.9 Å². The summed E-state index contributed by atoms with van der Waals surface area (Å²) in [5.74, 6) is -1.11. The van der Waals surface area contributed by atoms with Crippen molar-refractivity contribution < 1.29 is 22.1 Å². The third kappa shape index (κ3) is 5.10. The van der Waals surface area contributed by atoms with E-state index in [0.717, 1.165) is 5.56 Å². The lowest BCUT2D eigenvalue weighted by Crippen LogP contribution is -2.43. The molecule has 178 valence electrons. The quantitative estimate of drug-likeness (QED) is 0.551. The summed E-state index contributed by atoms with van der Waals surface area (Å²) in [6, 6.07) is 13.6. The van der Waals surface area contributed by atoms with Crippen molar-refractivity contribution in [2.75, 3.05) is 18.4 Å². The minimum atomic E-state index is -3.99. The van der Waals surface area contributed by atoms with Crippen molar-refractivity contribution in [2.45, 2.75) is 31.6 Å². The summed E-state index contributed by atoms with van der Waals surface area (Å²) < 4.78 is 47.5. The molecule has 2 aromatic carbocycles. The second kappa shape index (κ2) is 9.90. The molecule has 2 heterocycles. The van der Waals surface area contributed by atoms with Gasteiger partial charge in [0.15, 0.2) is 10.7 Å². The van der Waals surface area contributed by atoms with Crippen LogP contribution in [0.3, 0.4) is 0 Å². The molecule has 1 unspecified atom stereocenters. The molecule has 1 aliphatic rings. The summed E-state index contributed by atoms with van der Waals surface area (Å²) in [5, 5.41) is 6.70. The molecule has 1 amide bonds. The maximum absolute atomic E-state index is 14.0. The number of nitrogens with zero attached hydrogens (tertiary/aromatic N) is 2. The van der Waals surface area contributed by atoms with E-state index in [0.29, 0.717) is 24.1 Å². The molecule has 1 aromatic heterocycles. The molecule has 0 saturated carbocycles. The number of aryl methyl sites for hydroxylation is 2. The van der Waals surface area contributed by atoms with E-state index >= 15 is 0 Å². The van der Waals surface area contributed by atoms with Crippen LogP contribution in [0.2, 0.25) is 0 Å². The van der Waals surface area contributed by atoms with Gasteiger partial charge >= 0.3 is 0 Å². The average molecular weight is 484 g/mol. The first-order valence-electron chi connectivity index (χ1n) is 11.0. The standard InChI is InChI=1S/C25H26FN3O4S/c1-17-9-12-21(13-10-17)27-25(30)20-7-5-15-29(16-20)34(31,32)24-18(2)28-33-23(24)14-11-19-6-3-4-8-22(19)26/h3-4,6,8-14,20H,5,7,15-16H2,1-2H3,(H,27,30). The van der Waals surface area contributed by atoms with Gasteiger partial charge in [0.1, 0.15) is 11.5 Å². The summed E-state index contributed by atoms with van der Waals surface area (Å²) in [7, 11) is -3.99. The van der Waals surface area contributed by atoms with Crippen LogP contribution in [-0.2, 0) is 14.8 Å². The zero-order chi connectivity index (χ0) is 24.3. The van der Waals surface area contributed by atoms with Crippen molar-refractivity contribution in [3.8, 4) is 0 Å². The van der Waals surface area contributed by atoms with Crippen LogP contribution in [0.15, 0.2) is 57.9 Å². The normalized spacial score (nSPS) is 17.2. The number of amides is 1. The molecule has 0 aliphatic carbocycles. The Hall–Kier alpha value is -3.30. The first-order valence-corrected chi connectivity index (χ1v) is 12.5. The fourth-order valence-corrected chi connectivity index (χ4v) is 5.73. The Labute approximate surface area is 198 Å². The molecule has 7 nitrogen and oxygen atoms in total. The van der Waals surface area contributed by atoms with Crippen LogP contribution in [0.1, 0.15) is 35.4 Å². The van der Waals surface area contributed by atoms with Crippen LogP contribution in [0.4, 0.5) is 10.1 Å². The van der Waals surface area contributed by atoms with E-state index < -0.39 is 21.8 Å². The Morgan fingerprint density at radius 2 is 1.88 bits per heavy atom. The van der Waals surface area contributed by atoms with Gasteiger partial charge in [-0.1, -0.05) is 41.1 Å². The molecular weight excluding hydrogens is 457 g/mol. The van der Waals surface area contributed by atoms with E-state index in [-0.39, 0.29) is 35.3 Å². The number of rotatable bonds is 6. The van der Waals surface area contributed by atoms with Crippen LogP contribution >= 0.6 is 0 Å². The van der Waals surface area contributed by atoms with Gasteiger partial charge < -0.3 is 9.84 Å². The maximum atomic E-state index is 14.0. The van der Waals surface area contributed by atoms with Crippen LogP contribution in [0, 0.1) is 25.6 Å². The Kier molecular flexibility index (Phi) is 6.95. The van der Waals surface area contributed by atoms with E-state index in [1.807, 2.05) is 31.2 Å². The molecule has 9 heteroatoms. The van der Waals surface area contributed by atoms with Gasteiger partial charge in [-0.15, -0.1) is 0 Å². The van der Waals surface area contributed by atoms with Crippen molar-refractivity contribution >= 4 is 33.8 Å². The number of carbonyl (C=O) groups excluding carboxylic acids is 1. The lowest BCUT2D eigenvalue weighted by molar-refractivity contribution is -0.120. The number of hydrogen-bond acceptors (Lipinski definition) is 5. The van der Waals surface area contributed by atoms with Crippen molar-refractivity contribution in [1.29, 1.82) is 0 Å². The third-order valence-corrected chi connectivity index (χ3v) is 7.85. The maximum Gasteiger partial charge on any atom is 0.248 e. The zero-order valence-corrected chi connectivity index (χ0v) is 19.8. The largest absolute Gasteiger partial charge is 0.355 e. The van der Waals surface area contributed by atoms with Gasteiger partial charge in [-0.2, -0.15) is 4.31 Å².